The van der Waals surface area contributed by atoms with Crippen LogP contribution in [0.2, 0.25) is 0 Å². The standard InChI is InChI=1S/C22H18N4/c23-22(24)26-25-21(19-11-9-15-5-1-3-7-17(15)13-19)20-12-10-16-6-2-4-8-18(16)14-20/h1-14H,(H4,23,24,26). The van der Waals surface area contributed by atoms with Crippen LogP contribution in [0.4, 0.5) is 0 Å². The van der Waals surface area contributed by atoms with E-state index < -0.39 is 0 Å². The van der Waals surface area contributed by atoms with E-state index in [1.54, 1.807) is 0 Å². The Morgan fingerprint density at radius 1 is 0.538 bits per heavy atom. The third-order valence-electron chi connectivity index (χ3n) is 4.31. The Balaban J connectivity index is 1.90. The van der Waals surface area contributed by atoms with Crippen LogP contribution in [0.3, 0.4) is 0 Å². The number of nitrogens with two attached hydrogens (primary N) is 2. The van der Waals surface area contributed by atoms with Crippen LogP contribution in [-0.2, 0) is 0 Å². The minimum absolute atomic E-state index is 0.0657. The van der Waals surface area contributed by atoms with Crippen molar-refractivity contribution in [3.05, 3.63) is 96.1 Å². The van der Waals surface area contributed by atoms with E-state index in [-0.39, 0.29) is 5.96 Å². The van der Waals surface area contributed by atoms with Crippen LogP contribution in [0.15, 0.2) is 95.1 Å². The van der Waals surface area contributed by atoms with Gasteiger partial charge in [-0.3, -0.25) is 0 Å². The minimum Gasteiger partial charge on any atom is -0.369 e. The highest BCUT2D eigenvalue weighted by atomic mass is 15.3. The van der Waals surface area contributed by atoms with Crippen molar-refractivity contribution < 1.29 is 0 Å². The number of fused-ring (bicyclic) bond motifs is 2. The van der Waals surface area contributed by atoms with E-state index in [4.69, 9.17) is 11.5 Å². The maximum atomic E-state index is 5.50. The lowest BCUT2D eigenvalue weighted by Crippen LogP contribution is -2.22. The monoisotopic (exact) mass is 338 g/mol. The van der Waals surface area contributed by atoms with Crippen molar-refractivity contribution >= 4 is 33.2 Å². The second kappa shape index (κ2) is 6.69. The fourth-order valence-electron chi connectivity index (χ4n) is 3.06. The number of benzene rings is 4. The van der Waals surface area contributed by atoms with Crippen LogP contribution in [0.1, 0.15) is 11.1 Å². The molecular weight excluding hydrogens is 320 g/mol. The molecule has 0 spiro atoms. The summed E-state index contributed by atoms with van der Waals surface area (Å²) in [4.78, 5) is 0. The van der Waals surface area contributed by atoms with Gasteiger partial charge in [0.15, 0.2) is 0 Å². The number of nitrogens with zero attached hydrogens (tertiary/aromatic N) is 2. The molecule has 0 aliphatic rings. The summed E-state index contributed by atoms with van der Waals surface area (Å²) in [5, 5.41) is 12.9. The van der Waals surface area contributed by atoms with E-state index in [2.05, 4.69) is 58.7 Å². The lowest BCUT2D eigenvalue weighted by Gasteiger charge is -2.09. The van der Waals surface area contributed by atoms with E-state index in [0.717, 1.165) is 27.6 Å². The molecule has 0 heterocycles. The predicted octanol–water partition coefficient (Wildman–Crippen LogP) is 4.02. The summed E-state index contributed by atoms with van der Waals surface area (Å²) < 4.78 is 0. The quantitative estimate of drug-likeness (QED) is 0.336. The van der Waals surface area contributed by atoms with Crippen LogP contribution in [-0.4, -0.2) is 11.7 Å². The molecule has 0 radical (unpaired) electrons. The van der Waals surface area contributed by atoms with E-state index in [1.165, 1.54) is 10.8 Å². The van der Waals surface area contributed by atoms with Crippen LogP contribution in [0, 0.1) is 0 Å². The van der Waals surface area contributed by atoms with Gasteiger partial charge in [-0.15, -0.1) is 10.2 Å². The van der Waals surface area contributed by atoms with Gasteiger partial charge in [0, 0.05) is 11.1 Å². The van der Waals surface area contributed by atoms with Gasteiger partial charge in [-0.2, -0.15) is 0 Å². The van der Waals surface area contributed by atoms with Crippen molar-refractivity contribution in [1.29, 1.82) is 0 Å². The molecule has 0 aliphatic carbocycles. The summed E-state index contributed by atoms with van der Waals surface area (Å²) in [6.07, 6.45) is 0. The minimum atomic E-state index is -0.0657. The molecule has 0 unspecified atom stereocenters. The van der Waals surface area contributed by atoms with Gasteiger partial charge >= 0.3 is 0 Å². The summed E-state index contributed by atoms with van der Waals surface area (Å²) in [6, 6.07) is 28.9. The first-order valence-electron chi connectivity index (χ1n) is 8.36. The molecule has 4 nitrogen and oxygen atoms in total. The number of rotatable bonds is 3. The molecule has 0 bridgehead atoms. The number of hydrogen-bond acceptors (Lipinski definition) is 2. The number of guanidine groups is 1. The molecule has 4 aromatic rings. The lowest BCUT2D eigenvalue weighted by molar-refractivity contribution is 1.20. The van der Waals surface area contributed by atoms with Gasteiger partial charge in [0.05, 0.1) is 0 Å². The molecular formula is C22H18N4. The highest BCUT2D eigenvalue weighted by Crippen LogP contribution is 2.22. The highest BCUT2D eigenvalue weighted by Gasteiger charge is 2.09. The summed E-state index contributed by atoms with van der Waals surface area (Å²) in [5.41, 5.74) is 13.7. The van der Waals surface area contributed by atoms with E-state index in [9.17, 15) is 0 Å². The summed E-state index contributed by atoms with van der Waals surface area (Å²) in [7, 11) is 0. The van der Waals surface area contributed by atoms with Gasteiger partial charge in [0.1, 0.15) is 5.71 Å². The smallest absolute Gasteiger partial charge is 0.211 e. The first kappa shape index (κ1) is 15.8. The van der Waals surface area contributed by atoms with Gasteiger partial charge in [0.25, 0.3) is 0 Å². The maximum Gasteiger partial charge on any atom is 0.211 e. The fourth-order valence-corrected chi connectivity index (χ4v) is 3.06. The van der Waals surface area contributed by atoms with Gasteiger partial charge < -0.3 is 11.5 Å². The zero-order valence-electron chi connectivity index (χ0n) is 14.1. The van der Waals surface area contributed by atoms with Crippen molar-refractivity contribution in [2.45, 2.75) is 0 Å². The zero-order valence-corrected chi connectivity index (χ0v) is 14.1. The molecule has 0 aromatic heterocycles. The van der Waals surface area contributed by atoms with Crippen molar-refractivity contribution in [3.63, 3.8) is 0 Å². The molecule has 0 fully saturated rings. The van der Waals surface area contributed by atoms with Gasteiger partial charge in [0.2, 0.25) is 5.96 Å². The van der Waals surface area contributed by atoms with Gasteiger partial charge in [-0.25, -0.2) is 0 Å². The van der Waals surface area contributed by atoms with Gasteiger partial charge in [-0.05, 0) is 33.7 Å². The molecule has 0 atom stereocenters. The normalized spacial score (nSPS) is 10.6. The van der Waals surface area contributed by atoms with Gasteiger partial charge in [-0.1, -0.05) is 72.8 Å². The predicted molar refractivity (Wildman–Crippen MR) is 109 cm³/mol. The Kier molecular flexibility index (Phi) is 4.07. The summed E-state index contributed by atoms with van der Waals surface area (Å²) >= 11 is 0. The molecule has 0 saturated carbocycles. The largest absolute Gasteiger partial charge is 0.369 e. The third-order valence-corrected chi connectivity index (χ3v) is 4.31. The van der Waals surface area contributed by atoms with Crippen LogP contribution in [0.25, 0.3) is 21.5 Å². The molecule has 0 saturated heterocycles. The Morgan fingerprint density at radius 3 is 1.46 bits per heavy atom. The molecule has 26 heavy (non-hydrogen) atoms. The zero-order chi connectivity index (χ0) is 17.9. The molecule has 0 amide bonds. The summed E-state index contributed by atoms with van der Waals surface area (Å²) in [6.45, 7) is 0. The molecule has 4 heteroatoms. The van der Waals surface area contributed by atoms with Crippen LogP contribution in [0.5, 0.6) is 0 Å². The number of hydrogen-bond donors (Lipinski definition) is 2. The van der Waals surface area contributed by atoms with Crippen LogP contribution >= 0.6 is 0 Å². The molecule has 4 N–H and O–H groups in total. The fraction of sp³-hybridized carbons (Fsp3) is 0. The molecule has 4 rings (SSSR count). The second-order valence-corrected chi connectivity index (χ2v) is 6.10. The highest BCUT2D eigenvalue weighted by molar-refractivity contribution is 6.15. The average molecular weight is 338 g/mol. The first-order chi connectivity index (χ1) is 12.7. The lowest BCUT2D eigenvalue weighted by atomic mass is 9.97. The Bertz CT molecular complexity index is 1070. The van der Waals surface area contributed by atoms with E-state index >= 15 is 0 Å². The third kappa shape index (κ3) is 3.13. The van der Waals surface area contributed by atoms with E-state index in [1.807, 2.05) is 36.4 Å². The molecule has 4 aromatic carbocycles. The molecule has 126 valence electrons. The second-order valence-electron chi connectivity index (χ2n) is 6.10. The van der Waals surface area contributed by atoms with Crippen LogP contribution < -0.4 is 11.5 Å². The average Bonchev–Trinajstić information content (AvgIpc) is 2.67. The Labute approximate surface area is 151 Å². The van der Waals surface area contributed by atoms with E-state index in [0.29, 0.717) is 0 Å². The Morgan fingerprint density at radius 2 is 1.00 bits per heavy atom. The SMILES string of the molecule is NC(N)=NN=C(c1ccc2ccccc2c1)c1ccc2ccccc2c1. The first-order valence-corrected chi connectivity index (χ1v) is 8.36. The van der Waals surface area contributed by atoms with Crippen molar-refractivity contribution in [1.82, 2.24) is 0 Å². The summed E-state index contributed by atoms with van der Waals surface area (Å²) in [5.74, 6) is -0.0657. The van der Waals surface area contributed by atoms with Crippen molar-refractivity contribution in [2.75, 3.05) is 0 Å². The van der Waals surface area contributed by atoms with Crippen molar-refractivity contribution in [2.24, 2.45) is 21.7 Å². The Hall–Kier alpha value is -3.66. The van der Waals surface area contributed by atoms with Crippen molar-refractivity contribution in [3.8, 4) is 0 Å². The molecule has 0 aliphatic heterocycles. The maximum absolute atomic E-state index is 5.50. The topological polar surface area (TPSA) is 76.8 Å².